The third-order valence-electron chi connectivity index (χ3n) is 7.31. The Morgan fingerprint density at radius 1 is 0.469 bits per heavy atom. The summed E-state index contributed by atoms with van der Waals surface area (Å²) < 4.78 is 0. The maximum atomic E-state index is 2.46. The molecular weight excluding hydrogens is 384 g/mol. The number of benzene rings is 2. The van der Waals surface area contributed by atoms with E-state index >= 15 is 0 Å². The Bertz CT molecular complexity index is 685. The highest BCUT2D eigenvalue weighted by Gasteiger charge is 2.11. The molecule has 1 unspecified atom stereocenters. The third-order valence-corrected chi connectivity index (χ3v) is 7.31. The monoisotopic (exact) mass is 436 g/mol. The van der Waals surface area contributed by atoms with Gasteiger partial charge < -0.3 is 0 Å². The average Bonchev–Trinajstić information content (AvgIpc) is 2.83. The number of hydrogen-bond donors (Lipinski definition) is 0. The van der Waals surface area contributed by atoms with E-state index in [9.17, 15) is 0 Å². The summed E-state index contributed by atoms with van der Waals surface area (Å²) in [5, 5.41) is 2.78. The van der Waals surface area contributed by atoms with Gasteiger partial charge in [0.05, 0.1) is 0 Å². The summed E-state index contributed by atoms with van der Waals surface area (Å²) in [6.07, 6.45) is 27.1. The standard InChI is InChI=1S/C32H52/c1-3-5-7-8-9-10-11-12-13-14-15-16-17-18-19-23-29(22-6-4-2)32-27-26-30-24-20-21-25-31(30)28-32/h20-21,24-29H,3-19,22-23H2,1-2H3. The van der Waals surface area contributed by atoms with Crippen LogP contribution in [0.25, 0.3) is 10.8 Å². The minimum Gasteiger partial charge on any atom is -0.0654 e. The first-order chi connectivity index (χ1) is 15.8. The van der Waals surface area contributed by atoms with Crippen molar-refractivity contribution in [2.75, 3.05) is 0 Å². The number of unbranched alkanes of at least 4 members (excludes halogenated alkanes) is 15. The lowest BCUT2D eigenvalue weighted by Crippen LogP contribution is -2.00. The van der Waals surface area contributed by atoms with Crippen molar-refractivity contribution in [3.63, 3.8) is 0 Å². The van der Waals surface area contributed by atoms with E-state index in [2.05, 4.69) is 56.3 Å². The number of rotatable bonds is 20. The van der Waals surface area contributed by atoms with Crippen LogP contribution < -0.4 is 0 Å². The molecule has 1 atom stereocenters. The largest absolute Gasteiger partial charge is 0.0654 e. The Morgan fingerprint density at radius 3 is 1.50 bits per heavy atom. The van der Waals surface area contributed by atoms with Crippen molar-refractivity contribution >= 4 is 10.8 Å². The van der Waals surface area contributed by atoms with E-state index in [-0.39, 0.29) is 0 Å². The van der Waals surface area contributed by atoms with E-state index in [0.717, 1.165) is 5.92 Å². The molecule has 0 fully saturated rings. The van der Waals surface area contributed by atoms with Gasteiger partial charge in [-0.15, -0.1) is 0 Å². The lowest BCUT2D eigenvalue weighted by molar-refractivity contribution is 0.494. The topological polar surface area (TPSA) is 0 Å². The Hall–Kier alpha value is -1.30. The predicted octanol–water partition coefficient (Wildman–Crippen LogP) is 11.4. The van der Waals surface area contributed by atoms with E-state index in [1.54, 1.807) is 5.56 Å². The summed E-state index contributed by atoms with van der Waals surface area (Å²) in [4.78, 5) is 0. The van der Waals surface area contributed by atoms with Gasteiger partial charge in [0.25, 0.3) is 0 Å². The number of hydrogen-bond acceptors (Lipinski definition) is 0. The van der Waals surface area contributed by atoms with E-state index in [1.807, 2.05) is 0 Å². The Balaban J connectivity index is 1.53. The van der Waals surface area contributed by atoms with E-state index in [0.29, 0.717) is 0 Å². The highest BCUT2D eigenvalue weighted by molar-refractivity contribution is 5.83. The first-order valence-electron chi connectivity index (χ1n) is 14.3. The molecule has 0 aliphatic rings. The Kier molecular flexibility index (Phi) is 15.3. The predicted molar refractivity (Wildman–Crippen MR) is 146 cm³/mol. The van der Waals surface area contributed by atoms with Crippen LogP contribution in [0, 0.1) is 0 Å². The van der Waals surface area contributed by atoms with Crippen LogP contribution in [0.15, 0.2) is 42.5 Å². The van der Waals surface area contributed by atoms with Gasteiger partial charge in [0.2, 0.25) is 0 Å². The second-order valence-corrected chi connectivity index (χ2v) is 10.2. The van der Waals surface area contributed by atoms with Gasteiger partial charge >= 0.3 is 0 Å². The van der Waals surface area contributed by atoms with Gasteiger partial charge in [0, 0.05) is 0 Å². The molecule has 0 aromatic heterocycles. The fraction of sp³-hybridized carbons (Fsp3) is 0.688. The smallest absolute Gasteiger partial charge is 0.0162 e. The lowest BCUT2D eigenvalue weighted by atomic mass is 9.87. The molecule has 0 heterocycles. The molecule has 2 rings (SSSR count). The van der Waals surface area contributed by atoms with Crippen molar-refractivity contribution in [3.05, 3.63) is 48.0 Å². The molecule has 0 saturated carbocycles. The van der Waals surface area contributed by atoms with Crippen LogP contribution in [0.4, 0.5) is 0 Å². The fourth-order valence-corrected chi connectivity index (χ4v) is 5.15. The van der Waals surface area contributed by atoms with Crippen LogP contribution in [0.2, 0.25) is 0 Å². The fourth-order valence-electron chi connectivity index (χ4n) is 5.15. The summed E-state index contributed by atoms with van der Waals surface area (Å²) in [6, 6.07) is 16.0. The first kappa shape index (κ1) is 26.9. The molecule has 0 heteroatoms. The highest BCUT2D eigenvalue weighted by Crippen LogP contribution is 2.30. The molecule has 0 bridgehead atoms. The molecule has 180 valence electrons. The van der Waals surface area contributed by atoms with Crippen LogP contribution >= 0.6 is 0 Å². The second-order valence-electron chi connectivity index (χ2n) is 10.2. The van der Waals surface area contributed by atoms with Crippen LogP contribution in [-0.4, -0.2) is 0 Å². The van der Waals surface area contributed by atoms with Gasteiger partial charge in [-0.05, 0) is 35.1 Å². The third kappa shape index (κ3) is 11.5. The highest BCUT2D eigenvalue weighted by atomic mass is 14.2. The zero-order valence-electron chi connectivity index (χ0n) is 21.6. The molecule has 0 radical (unpaired) electrons. The Labute approximate surface area is 200 Å². The molecule has 0 nitrogen and oxygen atoms in total. The van der Waals surface area contributed by atoms with Gasteiger partial charge in [0.15, 0.2) is 0 Å². The van der Waals surface area contributed by atoms with Crippen molar-refractivity contribution < 1.29 is 0 Å². The van der Waals surface area contributed by atoms with Crippen molar-refractivity contribution in [2.24, 2.45) is 0 Å². The van der Waals surface area contributed by atoms with Crippen molar-refractivity contribution in [1.29, 1.82) is 0 Å². The summed E-state index contributed by atoms with van der Waals surface area (Å²) >= 11 is 0. The maximum absolute atomic E-state index is 2.46. The average molecular weight is 437 g/mol. The first-order valence-corrected chi connectivity index (χ1v) is 14.3. The SMILES string of the molecule is CCCCCCCCCCCCCCCCCC(CCCC)c1ccc2ccccc2c1. The van der Waals surface area contributed by atoms with Crippen LogP contribution in [0.3, 0.4) is 0 Å². The minimum absolute atomic E-state index is 0.751. The lowest BCUT2D eigenvalue weighted by Gasteiger charge is -2.18. The molecule has 2 aromatic carbocycles. The molecule has 0 aliphatic carbocycles. The van der Waals surface area contributed by atoms with Gasteiger partial charge in [-0.1, -0.05) is 165 Å². The molecule has 0 aliphatic heterocycles. The molecule has 2 aromatic rings. The van der Waals surface area contributed by atoms with Crippen LogP contribution in [-0.2, 0) is 0 Å². The summed E-state index contributed by atoms with van der Waals surface area (Å²) in [6.45, 7) is 4.63. The molecule has 0 N–H and O–H groups in total. The molecule has 32 heavy (non-hydrogen) atoms. The quantitative estimate of drug-likeness (QED) is 0.181. The van der Waals surface area contributed by atoms with E-state index in [4.69, 9.17) is 0 Å². The van der Waals surface area contributed by atoms with Gasteiger partial charge in [-0.3, -0.25) is 0 Å². The summed E-state index contributed by atoms with van der Waals surface area (Å²) in [5.74, 6) is 0.751. The summed E-state index contributed by atoms with van der Waals surface area (Å²) in [7, 11) is 0. The number of fused-ring (bicyclic) bond motifs is 1. The Morgan fingerprint density at radius 2 is 0.938 bits per heavy atom. The molecular formula is C32H52. The molecule has 0 saturated heterocycles. The molecule has 0 amide bonds. The zero-order valence-corrected chi connectivity index (χ0v) is 21.6. The van der Waals surface area contributed by atoms with Crippen molar-refractivity contribution in [3.8, 4) is 0 Å². The minimum atomic E-state index is 0.751. The van der Waals surface area contributed by atoms with Crippen LogP contribution in [0.1, 0.15) is 147 Å². The van der Waals surface area contributed by atoms with E-state index < -0.39 is 0 Å². The van der Waals surface area contributed by atoms with E-state index in [1.165, 1.54) is 133 Å². The van der Waals surface area contributed by atoms with Crippen molar-refractivity contribution in [2.45, 2.75) is 142 Å². The van der Waals surface area contributed by atoms with Crippen molar-refractivity contribution in [1.82, 2.24) is 0 Å². The zero-order chi connectivity index (χ0) is 22.7. The summed E-state index contributed by atoms with van der Waals surface area (Å²) in [5.41, 5.74) is 1.57. The van der Waals surface area contributed by atoms with Gasteiger partial charge in [-0.25, -0.2) is 0 Å². The van der Waals surface area contributed by atoms with Crippen LogP contribution in [0.5, 0.6) is 0 Å². The van der Waals surface area contributed by atoms with Gasteiger partial charge in [0.1, 0.15) is 0 Å². The second kappa shape index (κ2) is 18.2. The molecule has 0 spiro atoms. The normalized spacial score (nSPS) is 12.4. The maximum Gasteiger partial charge on any atom is -0.0162 e. The van der Waals surface area contributed by atoms with Gasteiger partial charge in [-0.2, -0.15) is 0 Å².